The van der Waals surface area contributed by atoms with Gasteiger partial charge < -0.3 is 14.2 Å². The lowest BCUT2D eigenvalue weighted by Crippen LogP contribution is -2.31. The van der Waals surface area contributed by atoms with Crippen LogP contribution in [0.15, 0.2) is 23.4 Å². The summed E-state index contributed by atoms with van der Waals surface area (Å²) in [5, 5.41) is 0.702. The summed E-state index contributed by atoms with van der Waals surface area (Å²) in [7, 11) is 0. The quantitative estimate of drug-likeness (QED) is 0.627. The van der Waals surface area contributed by atoms with Gasteiger partial charge in [-0.1, -0.05) is 6.92 Å². The Morgan fingerprint density at radius 2 is 2.20 bits per heavy atom. The molecular formula is C14H19NO4S. The zero-order chi connectivity index (χ0) is 14.2. The SMILES string of the molecule is CCSc1ncccc1C(=O)OC1COCCCOC1. The Morgan fingerprint density at radius 1 is 1.45 bits per heavy atom. The summed E-state index contributed by atoms with van der Waals surface area (Å²) in [5.41, 5.74) is 0.501. The van der Waals surface area contributed by atoms with Gasteiger partial charge in [0.05, 0.1) is 18.8 Å². The fourth-order valence-electron chi connectivity index (χ4n) is 1.82. The summed E-state index contributed by atoms with van der Waals surface area (Å²) in [4.78, 5) is 16.4. The molecule has 1 saturated heterocycles. The monoisotopic (exact) mass is 297 g/mol. The lowest BCUT2D eigenvalue weighted by Gasteiger charge is -2.21. The number of aromatic nitrogens is 1. The van der Waals surface area contributed by atoms with Crippen molar-refractivity contribution in [3.8, 4) is 0 Å². The molecule has 1 aliphatic heterocycles. The first-order chi connectivity index (χ1) is 9.81. The zero-order valence-electron chi connectivity index (χ0n) is 11.5. The molecule has 0 N–H and O–H groups in total. The minimum absolute atomic E-state index is 0.359. The Balaban J connectivity index is 1.99. The van der Waals surface area contributed by atoms with Gasteiger partial charge in [-0.15, -0.1) is 11.8 Å². The zero-order valence-corrected chi connectivity index (χ0v) is 12.4. The third-order valence-electron chi connectivity index (χ3n) is 2.73. The van der Waals surface area contributed by atoms with Crippen LogP contribution in [-0.2, 0) is 14.2 Å². The molecule has 0 saturated carbocycles. The third-order valence-corrected chi connectivity index (χ3v) is 3.62. The van der Waals surface area contributed by atoms with Gasteiger partial charge in [-0.25, -0.2) is 9.78 Å². The Kier molecular flexibility index (Phi) is 6.29. The molecular weight excluding hydrogens is 278 g/mol. The van der Waals surface area contributed by atoms with Crippen LogP contribution in [0.25, 0.3) is 0 Å². The first kappa shape index (κ1) is 15.3. The van der Waals surface area contributed by atoms with Crippen molar-refractivity contribution in [2.75, 3.05) is 32.2 Å². The van der Waals surface area contributed by atoms with E-state index in [2.05, 4.69) is 4.98 Å². The fourth-order valence-corrected chi connectivity index (χ4v) is 2.54. The molecule has 2 heterocycles. The van der Waals surface area contributed by atoms with E-state index < -0.39 is 0 Å². The largest absolute Gasteiger partial charge is 0.454 e. The smallest absolute Gasteiger partial charge is 0.341 e. The van der Waals surface area contributed by atoms with Gasteiger partial charge in [0.25, 0.3) is 0 Å². The van der Waals surface area contributed by atoms with Crippen LogP contribution in [-0.4, -0.2) is 49.2 Å². The van der Waals surface area contributed by atoms with E-state index >= 15 is 0 Å². The molecule has 1 aliphatic rings. The van der Waals surface area contributed by atoms with Gasteiger partial charge in [0.15, 0.2) is 0 Å². The highest BCUT2D eigenvalue weighted by molar-refractivity contribution is 7.99. The maximum absolute atomic E-state index is 12.2. The number of nitrogens with zero attached hydrogens (tertiary/aromatic N) is 1. The van der Waals surface area contributed by atoms with E-state index in [1.807, 2.05) is 6.92 Å². The standard InChI is InChI=1S/C14H19NO4S/c1-2-20-13-12(5-3-6-15-13)14(16)19-11-9-17-7-4-8-18-10-11/h3,5-6,11H,2,4,7-10H2,1H3. The number of ether oxygens (including phenoxy) is 3. The fraction of sp³-hybridized carbons (Fsp3) is 0.571. The number of pyridine rings is 1. The molecule has 1 aromatic rings. The molecule has 0 amide bonds. The number of rotatable bonds is 4. The molecule has 0 atom stereocenters. The molecule has 0 radical (unpaired) electrons. The summed E-state index contributed by atoms with van der Waals surface area (Å²) < 4.78 is 16.3. The van der Waals surface area contributed by atoms with Gasteiger partial charge >= 0.3 is 5.97 Å². The van der Waals surface area contributed by atoms with E-state index in [-0.39, 0.29) is 12.1 Å². The maximum Gasteiger partial charge on any atom is 0.341 e. The first-order valence-electron chi connectivity index (χ1n) is 6.75. The molecule has 110 valence electrons. The summed E-state index contributed by atoms with van der Waals surface area (Å²) >= 11 is 1.53. The molecule has 0 bridgehead atoms. The van der Waals surface area contributed by atoms with Crippen molar-refractivity contribution in [2.45, 2.75) is 24.5 Å². The normalized spacial score (nSPS) is 17.2. The van der Waals surface area contributed by atoms with E-state index in [4.69, 9.17) is 14.2 Å². The average Bonchev–Trinajstić information content (AvgIpc) is 2.42. The van der Waals surface area contributed by atoms with Crippen molar-refractivity contribution >= 4 is 17.7 Å². The number of thioether (sulfide) groups is 1. The van der Waals surface area contributed by atoms with E-state index in [9.17, 15) is 4.79 Å². The van der Waals surface area contributed by atoms with Crippen molar-refractivity contribution in [3.63, 3.8) is 0 Å². The molecule has 1 fully saturated rings. The van der Waals surface area contributed by atoms with Gasteiger partial charge in [0, 0.05) is 19.4 Å². The highest BCUT2D eigenvalue weighted by atomic mass is 32.2. The predicted molar refractivity (Wildman–Crippen MR) is 76.1 cm³/mol. The van der Waals surface area contributed by atoms with E-state index in [1.54, 1.807) is 18.3 Å². The molecule has 0 unspecified atom stereocenters. The van der Waals surface area contributed by atoms with E-state index in [0.717, 1.165) is 12.2 Å². The van der Waals surface area contributed by atoms with Crippen molar-refractivity contribution < 1.29 is 19.0 Å². The van der Waals surface area contributed by atoms with E-state index in [0.29, 0.717) is 37.0 Å². The van der Waals surface area contributed by atoms with Crippen molar-refractivity contribution in [2.24, 2.45) is 0 Å². The lowest BCUT2D eigenvalue weighted by molar-refractivity contribution is -0.0601. The van der Waals surface area contributed by atoms with Crippen LogP contribution in [0.4, 0.5) is 0 Å². The molecule has 20 heavy (non-hydrogen) atoms. The van der Waals surface area contributed by atoms with Crippen molar-refractivity contribution in [1.29, 1.82) is 0 Å². The average molecular weight is 297 g/mol. The number of carbonyl (C=O) groups excluding carboxylic acids is 1. The second-order valence-corrected chi connectivity index (χ2v) is 5.57. The van der Waals surface area contributed by atoms with Crippen LogP contribution in [0, 0.1) is 0 Å². The molecule has 0 aromatic carbocycles. The minimum atomic E-state index is -0.369. The molecule has 2 rings (SSSR count). The lowest BCUT2D eigenvalue weighted by atomic mass is 10.3. The van der Waals surface area contributed by atoms with E-state index in [1.165, 1.54) is 11.8 Å². The second-order valence-electron chi connectivity index (χ2n) is 4.32. The van der Waals surface area contributed by atoms with Crippen LogP contribution in [0.5, 0.6) is 0 Å². The Morgan fingerprint density at radius 3 is 2.90 bits per heavy atom. The highest BCUT2D eigenvalue weighted by Gasteiger charge is 2.20. The minimum Gasteiger partial charge on any atom is -0.454 e. The first-order valence-corrected chi connectivity index (χ1v) is 7.74. The number of esters is 1. The Hall–Kier alpha value is -1.11. The summed E-state index contributed by atoms with van der Waals surface area (Å²) in [6.07, 6.45) is 2.19. The number of hydrogen-bond acceptors (Lipinski definition) is 6. The summed E-state index contributed by atoms with van der Waals surface area (Å²) in [6, 6.07) is 3.47. The van der Waals surface area contributed by atoms with Crippen LogP contribution >= 0.6 is 11.8 Å². The van der Waals surface area contributed by atoms with Crippen molar-refractivity contribution in [3.05, 3.63) is 23.9 Å². The summed E-state index contributed by atoms with van der Waals surface area (Å²) in [6.45, 7) is 4.05. The maximum atomic E-state index is 12.2. The predicted octanol–water partition coefficient (Wildman–Crippen LogP) is 2.16. The topological polar surface area (TPSA) is 57.7 Å². The van der Waals surface area contributed by atoms with Crippen molar-refractivity contribution in [1.82, 2.24) is 4.98 Å². The number of hydrogen-bond donors (Lipinski definition) is 0. The van der Waals surface area contributed by atoms with Gasteiger partial charge in [0.2, 0.25) is 0 Å². The van der Waals surface area contributed by atoms with Crippen LogP contribution in [0.3, 0.4) is 0 Å². The number of carbonyl (C=O) groups is 1. The van der Waals surface area contributed by atoms with Gasteiger partial charge in [0.1, 0.15) is 11.1 Å². The second kappa shape index (κ2) is 8.24. The van der Waals surface area contributed by atoms with Crippen LogP contribution in [0.1, 0.15) is 23.7 Å². The third kappa shape index (κ3) is 4.47. The molecule has 5 nitrogen and oxygen atoms in total. The molecule has 0 spiro atoms. The molecule has 6 heteroatoms. The van der Waals surface area contributed by atoms with Gasteiger partial charge in [-0.3, -0.25) is 0 Å². The molecule has 1 aromatic heterocycles. The Bertz CT molecular complexity index is 433. The van der Waals surface area contributed by atoms with Crippen LogP contribution < -0.4 is 0 Å². The van der Waals surface area contributed by atoms with Gasteiger partial charge in [-0.05, 0) is 24.3 Å². The molecule has 0 aliphatic carbocycles. The van der Waals surface area contributed by atoms with Crippen LogP contribution in [0.2, 0.25) is 0 Å². The Labute approximate surface area is 123 Å². The highest BCUT2D eigenvalue weighted by Crippen LogP contribution is 2.20. The van der Waals surface area contributed by atoms with Gasteiger partial charge in [-0.2, -0.15) is 0 Å². The summed E-state index contributed by atoms with van der Waals surface area (Å²) in [5.74, 6) is 0.485.